The summed E-state index contributed by atoms with van der Waals surface area (Å²) in [5.41, 5.74) is 1.14. The lowest BCUT2D eigenvalue weighted by Gasteiger charge is -2.29. The molecule has 0 unspecified atom stereocenters. The number of hydrogen-bond donors (Lipinski definition) is 0. The Kier molecular flexibility index (Phi) is 4.71. The van der Waals surface area contributed by atoms with Crippen LogP contribution < -0.4 is 25.4 Å². The maximum Gasteiger partial charge on any atom is 0.231 e. The van der Waals surface area contributed by atoms with Gasteiger partial charge in [0.1, 0.15) is 0 Å². The van der Waals surface area contributed by atoms with Crippen LogP contribution in [0.2, 0.25) is 0 Å². The summed E-state index contributed by atoms with van der Waals surface area (Å²) in [6.45, 7) is -1.73. The van der Waals surface area contributed by atoms with Crippen LogP contribution in [-0.4, -0.2) is 12.6 Å². The number of benzene rings is 4. The molecule has 4 aromatic rings. The molecule has 0 fully saturated rings. The predicted octanol–water partition coefficient (Wildman–Crippen LogP) is 4.56. The predicted molar refractivity (Wildman–Crippen MR) is 123 cm³/mol. The van der Waals surface area contributed by atoms with Gasteiger partial charge in [0.15, 0.2) is 11.5 Å². The molecule has 5 rings (SSSR count). The van der Waals surface area contributed by atoms with Gasteiger partial charge < -0.3 is 9.47 Å². The van der Waals surface area contributed by atoms with E-state index in [-0.39, 0.29) is 6.79 Å². The van der Waals surface area contributed by atoms with Crippen molar-refractivity contribution in [3.63, 3.8) is 0 Å². The van der Waals surface area contributed by atoms with E-state index < -0.39 is 6.89 Å². The summed E-state index contributed by atoms with van der Waals surface area (Å²) in [5, 5.41) is 3.99. The highest BCUT2D eigenvalue weighted by Crippen LogP contribution is 2.45. The maximum atomic E-state index is 5.64. The number of fused-ring (bicyclic) bond motifs is 1. The van der Waals surface area contributed by atoms with Crippen molar-refractivity contribution in [1.29, 1.82) is 0 Å². The smallest absolute Gasteiger partial charge is 0.231 e. The van der Waals surface area contributed by atoms with Gasteiger partial charge in [-0.1, -0.05) is 97.1 Å². The Morgan fingerprint density at radius 2 is 1.03 bits per heavy atom. The lowest BCUT2D eigenvalue weighted by molar-refractivity contribution is 0.174. The van der Waals surface area contributed by atoms with E-state index in [0.29, 0.717) is 0 Å². The fourth-order valence-electron chi connectivity index (χ4n) is 3.88. The fraction of sp³-hybridized carbons (Fsp3) is 0.0385. The molecule has 4 aromatic carbocycles. The van der Waals surface area contributed by atoms with Gasteiger partial charge in [0.2, 0.25) is 6.79 Å². The summed E-state index contributed by atoms with van der Waals surface area (Å²) < 4.78 is 11.2. The maximum absolute atomic E-state index is 5.64. The van der Waals surface area contributed by atoms with Gasteiger partial charge in [0, 0.05) is 0 Å². The average molecular weight is 396 g/mol. The largest absolute Gasteiger partial charge is 0.454 e. The molecule has 3 heteroatoms. The highest BCUT2D eigenvalue weighted by atomic mass is 31.2. The van der Waals surface area contributed by atoms with Crippen molar-refractivity contribution in [1.82, 2.24) is 0 Å². The first kappa shape index (κ1) is 17.8. The minimum absolute atomic E-state index is 0.287. The summed E-state index contributed by atoms with van der Waals surface area (Å²) >= 11 is 0. The molecule has 0 spiro atoms. The van der Waals surface area contributed by atoms with E-state index in [1.54, 1.807) is 0 Å². The van der Waals surface area contributed by atoms with Crippen molar-refractivity contribution >= 4 is 28.6 Å². The highest BCUT2D eigenvalue weighted by molar-refractivity contribution is 7.94. The average Bonchev–Trinajstić information content (AvgIpc) is 3.27. The zero-order valence-corrected chi connectivity index (χ0v) is 16.8. The van der Waals surface area contributed by atoms with Crippen LogP contribution in [0.4, 0.5) is 0 Å². The van der Waals surface area contributed by atoms with Crippen LogP contribution in [0.5, 0.6) is 11.5 Å². The van der Waals surface area contributed by atoms with Gasteiger partial charge in [-0.15, -0.1) is 0 Å². The zero-order chi connectivity index (χ0) is 19.5. The fourth-order valence-corrected chi connectivity index (χ4v) is 7.75. The number of rotatable bonds is 4. The molecule has 0 aromatic heterocycles. The summed E-state index contributed by atoms with van der Waals surface area (Å²) in [6.07, 6.45) is 0. The van der Waals surface area contributed by atoms with Crippen molar-refractivity contribution in [2.75, 3.05) is 6.79 Å². The molecule has 0 bridgehead atoms. The first-order chi connectivity index (χ1) is 14.4. The molecule has 0 N–H and O–H groups in total. The topological polar surface area (TPSA) is 18.5 Å². The van der Waals surface area contributed by atoms with Crippen LogP contribution in [0.3, 0.4) is 0 Å². The van der Waals surface area contributed by atoms with Crippen molar-refractivity contribution in [2.45, 2.75) is 0 Å². The third kappa shape index (κ3) is 3.26. The number of hydrogen-bond acceptors (Lipinski definition) is 2. The summed E-state index contributed by atoms with van der Waals surface area (Å²) in [7, 11) is 0. The summed E-state index contributed by atoms with van der Waals surface area (Å²) in [6, 6.07) is 38.7. The summed E-state index contributed by atoms with van der Waals surface area (Å²) in [4.78, 5) is 0. The SMILES string of the molecule is C(c1ccc2c(c1)OCO2)=P(c1ccccc1)(c1ccccc1)c1ccccc1. The van der Waals surface area contributed by atoms with Gasteiger partial charge >= 0.3 is 0 Å². The zero-order valence-electron chi connectivity index (χ0n) is 15.9. The Hall–Kier alpha value is -3.22. The second-order valence-electron chi connectivity index (χ2n) is 6.97. The van der Waals surface area contributed by atoms with E-state index in [1.807, 2.05) is 6.07 Å². The molecule has 1 aliphatic rings. The molecule has 0 aliphatic carbocycles. The van der Waals surface area contributed by atoms with Gasteiger partial charge in [-0.05, 0) is 46.3 Å². The molecule has 0 saturated heterocycles. The van der Waals surface area contributed by atoms with Gasteiger partial charge in [-0.2, -0.15) is 0 Å². The molecule has 1 heterocycles. The van der Waals surface area contributed by atoms with E-state index in [2.05, 4.69) is 109 Å². The monoisotopic (exact) mass is 396 g/mol. The normalized spacial score (nSPS) is 12.6. The van der Waals surface area contributed by atoms with E-state index in [0.717, 1.165) is 17.1 Å². The van der Waals surface area contributed by atoms with E-state index in [1.165, 1.54) is 15.9 Å². The minimum atomic E-state index is -2.02. The highest BCUT2D eigenvalue weighted by Gasteiger charge is 2.25. The first-order valence-electron chi connectivity index (χ1n) is 9.67. The van der Waals surface area contributed by atoms with Gasteiger partial charge in [-0.3, -0.25) is 0 Å². The third-order valence-corrected chi connectivity index (χ3v) is 9.25. The van der Waals surface area contributed by atoms with Crippen LogP contribution in [0.15, 0.2) is 109 Å². The molecule has 2 nitrogen and oxygen atoms in total. The van der Waals surface area contributed by atoms with E-state index in [9.17, 15) is 0 Å². The molecule has 1 aliphatic heterocycles. The van der Waals surface area contributed by atoms with Crippen molar-refractivity contribution < 1.29 is 9.47 Å². The molecule has 29 heavy (non-hydrogen) atoms. The van der Waals surface area contributed by atoms with Gasteiger partial charge in [-0.25, -0.2) is 0 Å². The quantitative estimate of drug-likeness (QED) is 0.471. The van der Waals surface area contributed by atoms with Crippen LogP contribution in [0, 0.1) is 0 Å². The molecular weight excluding hydrogens is 375 g/mol. The number of ether oxygens (including phenoxy) is 2. The van der Waals surface area contributed by atoms with Crippen LogP contribution in [0.25, 0.3) is 0 Å². The van der Waals surface area contributed by atoms with Crippen LogP contribution in [-0.2, 0) is 0 Å². The molecule has 0 saturated carbocycles. The molecule has 0 atom stereocenters. The van der Waals surface area contributed by atoms with Gasteiger partial charge in [0.05, 0.1) is 0 Å². The van der Waals surface area contributed by atoms with E-state index in [4.69, 9.17) is 9.47 Å². The Morgan fingerprint density at radius 1 is 0.552 bits per heavy atom. The second kappa shape index (κ2) is 7.66. The summed E-state index contributed by atoms with van der Waals surface area (Å²) in [5.74, 6) is 4.06. The van der Waals surface area contributed by atoms with E-state index >= 15 is 0 Å². The lowest BCUT2D eigenvalue weighted by atomic mass is 10.2. The molecule has 0 amide bonds. The van der Waals surface area contributed by atoms with Crippen molar-refractivity contribution in [3.8, 4) is 11.5 Å². The standard InChI is InChI=1S/C26H21O2P/c1-4-10-22(11-5-1)29(23-12-6-2-7-13-23,24-14-8-3-9-15-24)19-21-16-17-25-26(18-21)28-20-27-25/h1-19H,20H2. The molecule has 142 valence electrons. The third-order valence-electron chi connectivity index (χ3n) is 5.23. The van der Waals surface area contributed by atoms with Crippen molar-refractivity contribution in [3.05, 3.63) is 115 Å². The lowest BCUT2D eigenvalue weighted by Crippen LogP contribution is -2.27. The van der Waals surface area contributed by atoms with Crippen molar-refractivity contribution in [2.24, 2.45) is 0 Å². The Morgan fingerprint density at radius 3 is 1.55 bits per heavy atom. The Labute approximate surface area is 171 Å². The van der Waals surface area contributed by atoms with Gasteiger partial charge in [0.25, 0.3) is 0 Å². The molecular formula is C26H21O2P. The molecule has 0 radical (unpaired) electrons. The second-order valence-corrected chi connectivity index (χ2v) is 10.2. The first-order valence-corrected chi connectivity index (χ1v) is 11.5. The Balaban J connectivity index is 1.85. The minimum Gasteiger partial charge on any atom is -0.454 e. The van der Waals surface area contributed by atoms with Crippen LogP contribution >= 0.6 is 6.89 Å². The Bertz CT molecular complexity index is 1070. The van der Waals surface area contributed by atoms with Crippen LogP contribution in [0.1, 0.15) is 5.56 Å².